The average Bonchev–Trinajstić information content (AvgIpc) is 2.49. The quantitative estimate of drug-likeness (QED) is 0.312. The largest absolute Gasteiger partial charge is 0.250 e. The highest BCUT2D eigenvalue weighted by molar-refractivity contribution is 6.30. The molecule has 2 heterocycles. The monoisotopic (exact) mass is 208 g/mol. The fourth-order valence-electron chi connectivity index (χ4n) is 1.20. The molecule has 0 fully saturated rings. The first-order chi connectivity index (χ1) is 6.72. The van der Waals surface area contributed by atoms with Crippen LogP contribution in [0, 0.1) is 0 Å². The normalized spacial score (nSPS) is 10.1. The zero-order chi connectivity index (χ0) is 10.1. The van der Waals surface area contributed by atoms with Gasteiger partial charge < -0.3 is 0 Å². The van der Waals surface area contributed by atoms with Crippen molar-refractivity contribution in [2.45, 2.75) is 0 Å². The summed E-state index contributed by atoms with van der Waals surface area (Å²) in [6.07, 6.45) is 1.59. The summed E-state index contributed by atoms with van der Waals surface area (Å²) in [4.78, 5) is 6.77. The van der Waals surface area contributed by atoms with Gasteiger partial charge in [0.15, 0.2) is 5.65 Å². The molecule has 14 heavy (non-hydrogen) atoms. The molecule has 0 unspecified atom stereocenters. The first-order valence-electron chi connectivity index (χ1n) is 3.75. The van der Waals surface area contributed by atoms with Crippen molar-refractivity contribution < 1.29 is 0 Å². The van der Waals surface area contributed by atoms with Crippen LogP contribution in [-0.4, -0.2) is 14.8 Å². The van der Waals surface area contributed by atoms with Crippen LogP contribution < -0.4 is 0 Å². The molecule has 0 aliphatic rings. The van der Waals surface area contributed by atoms with Crippen molar-refractivity contribution in [1.29, 1.82) is 0 Å². The van der Waals surface area contributed by atoms with Gasteiger partial charge in [-0.3, -0.25) is 4.68 Å². The zero-order valence-electron chi connectivity index (χ0n) is 7.22. The number of halogens is 1. The molecular formula is C7H5ClN6. The summed E-state index contributed by atoms with van der Waals surface area (Å²) in [5, 5.41) is 8.47. The molecule has 2 aromatic rings. The Kier molecular flexibility index (Phi) is 1.99. The smallest absolute Gasteiger partial charge is 0.159 e. The Hall–Kier alpha value is -1.78. The van der Waals surface area contributed by atoms with Crippen LogP contribution in [0.15, 0.2) is 17.4 Å². The number of azide groups is 1. The first-order valence-corrected chi connectivity index (χ1v) is 4.13. The number of hydrogen-bond acceptors (Lipinski definition) is 3. The molecule has 0 saturated heterocycles. The third kappa shape index (κ3) is 1.26. The maximum Gasteiger partial charge on any atom is 0.159 e. The molecule has 0 aliphatic heterocycles. The number of pyridine rings is 1. The van der Waals surface area contributed by atoms with E-state index < -0.39 is 0 Å². The van der Waals surface area contributed by atoms with Crippen molar-refractivity contribution in [1.82, 2.24) is 14.8 Å². The van der Waals surface area contributed by atoms with Gasteiger partial charge in [0.05, 0.1) is 11.9 Å². The molecule has 2 rings (SSSR count). The SMILES string of the molecule is Cn1ncc2c(N=[N+]=[N-])cc(Cl)nc21. The second-order valence-corrected chi connectivity index (χ2v) is 3.05. The van der Waals surface area contributed by atoms with E-state index in [0.717, 1.165) is 0 Å². The van der Waals surface area contributed by atoms with E-state index in [1.807, 2.05) is 0 Å². The second-order valence-electron chi connectivity index (χ2n) is 2.66. The molecule has 0 bridgehead atoms. The minimum atomic E-state index is 0.281. The summed E-state index contributed by atoms with van der Waals surface area (Å²) in [7, 11) is 1.74. The van der Waals surface area contributed by atoms with Gasteiger partial charge in [-0.25, -0.2) is 4.98 Å². The average molecular weight is 209 g/mol. The number of fused-ring (bicyclic) bond motifs is 1. The molecule has 0 amide bonds. The number of aromatic nitrogens is 3. The van der Waals surface area contributed by atoms with E-state index >= 15 is 0 Å². The van der Waals surface area contributed by atoms with Crippen LogP contribution in [0.2, 0.25) is 5.15 Å². The molecule has 70 valence electrons. The van der Waals surface area contributed by atoms with Gasteiger partial charge in [0.25, 0.3) is 0 Å². The number of rotatable bonds is 1. The summed E-state index contributed by atoms with van der Waals surface area (Å²) in [5.74, 6) is 0. The minimum absolute atomic E-state index is 0.281. The van der Waals surface area contributed by atoms with E-state index in [0.29, 0.717) is 16.7 Å². The number of nitrogens with zero attached hydrogens (tertiary/aromatic N) is 6. The van der Waals surface area contributed by atoms with Crippen LogP contribution in [-0.2, 0) is 7.05 Å². The molecule has 0 saturated carbocycles. The van der Waals surface area contributed by atoms with Crippen LogP contribution >= 0.6 is 11.6 Å². The van der Waals surface area contributed by atoms with Crippen LogP contribution in [0.3, 0.4) is 0 Å². The van der Waals surface area contributed by atoms with E-state index in [2.05, 4.69) is 20.1 Å². The fraction of sp³-hybridized carbons (Fsp3) is 0.143. The van der Waals surface area contributed by atoms with Gasteiger partial charge >= 0.3 is 0 Å². The topological polar surface area (TPSA) is 79.5 Å². The lowest BCUT2D eigenvalue weighted by Crippen LogP contribution is -1.91. The van der Waals surface area contributed by atoms with Crippen LogP contribution in [0.25, 0.3) is 21.5 Å². The minimum Gasteiger partial charge on any atom is -0.250 e. The summed E-state index contributed by atoms with van der Waals surface area (Å²) in [6.45, 7) is 0. The molecule has 6 nitrogen and oxygen atoms in total. The van der Waals surface area contributed by atoms with Crippen molar-refractivity contribution in [2.75, 3.05) is 0 Å². The van der Waals surface area contributed by atoms with Gasteiger partial charge in [0.2, 0.25) is 0 Å². The molecule has 0 aromatic carbocycles. The summed E-state index contributed by atoms with van der Waals surface area (Å²) >= 11 is 5.75. The molecule has 7 heteroatoms. The first kappa shape index (κ1) is 8.80. The van der Waals surface area contributed by atoms with Crippen molar-refractivity contribution in [2.24, 2.45) is 12.2 Å². The standard InChI is InChI=1S/C7H5ClN6/c1-14-7-4(3-10-14)5(12-13-9)2-6(8)11-7/h2-3H,1H3. The Morgan fingerprint density at radius 1 is 1.64 bits per heavy atom. The number of hydrogen-bond donors (Lipinski definition) is 0. The third-order valence-corrected chi connectivity index (χ3v) is 2.00. The van der Waals surface area contributed by atoms with Gasteiger partial charge in [-0.05, 0) is 11.6 Å². The van der Waals surface area contributed by atoms with E-state index in [1.165, 1.54) is 6.07 Å². The van der Waals surface area contributed by atoms with E-state index in [9.17, 15) is 0 Å². The van der Waals surface area contributed by atoms with Crippen molar-refractivity contribution in [3.63, 3.8) is 0 Å². The molecule has 0 spiro atoms. The Morgan fingerprint density at radius 2 is 2.43 bits per heavy atom. The predicted molar refractivity (Wildman–Crippen MR) is 52.3 cm³/mol. The summed E-state index contributed by atoms with van der Waals surface area (Å²) < 4.78 is 1.57. The fourth-order valence-corrected chi connectivity index (χ4v) is 1.38. The second kappa shape index (κ2) is 3.17. The van der Waals surface area contributed by atoms with E-state index in [4.69, 9.17) is 17.1 Å². The summed E-state index contributed by atoms with van der Waals surface area (Å²) in [5.41, 5.74) is 9.38. The van der Waals surface area contributed by atoms with Crippen LogP contribution in [0.5, 0.6) is 0 Å². The van der Waals surface area contributed by atoms with Crippen LogP contribution in [0.4, 0.5) is 5.69 Å². The molecule has 0 atom stereocenters. The molecule has 0 radical (unpaired) electrons. The molecule has 2 aromatic heterocycles. The van der Waals surface area contributed by atoms with Crippen molar-refractivity contribution in [3.8, 4) is 0 Å². The molecule has 0 N–H and O–H groups in total. The van der Waals surface area contributed by atoms with Crippen molar-refractivity contribution in [3.05, 3.63) is 27.9 Å². The van der Waals surface area contributed by atoms with E-state index in [-0.39, 0.29) is 5.15 Å². The Balaban J connectivity index is 2.88. The van der Waals surface area contributed by atoms with Crippen LogP contribution in [0.1, 0.15) is 0 Å². The lowest BCUT2D eigenvalue weighted by atomic mass is 10.3. The Bertz CT molecular complexity index is 538. The summed E-state index contributed by atoms with van der Waals surface area (Å²) in [6, 6.07) is 1.51. The maximum absolute atomic E-state index is 8.34. The molecule has 0 aliphatic carbocycles. The highest BCUT2D eigenvalue weighted by Gasteiger charge is 2.06. The van der Waals surface area contributed by atoms with Gasteiger partial charge in [-0.1, -0.05) is 16.7 Å². The molecular weight excluding hydrogens is 204 g/mol. The zero-order valence-corrected chi connectivity index (χ0v) is 7.97. The van der Waals surface area contributed by atoms with Gasteiger partial charge in [0.1, 0.15) is 5.15 Å². The van der Waals surface area contributed by atoms with Gasteiger partial charge in [-0.2, -0.15) is 5.10 Å². The lowest BCUT2D eigenvalue weighted by Gasteiger charge is -1.97. The van der Waals surface area contributed by atoms with Crippen molar-refractivity contribution >= 4 is 28.3 Å². The van der Waals surface area contributed by atoms with Gasteiger partial charge in [-0.15, -0.1) is 0 Å². The highest BCUT2D eigenvalue weighted by Crippen LogP contribution is 2.27. The number of aryl methyl sites for hydroxylation is 1. The maximum atomic E-state index is 8.34. The third-order valence-electron chi connectivity index (χ3n) is 1.80. The Morgan fingerprint density at radius 3 is 3.14 bits per heavy atom. The lowest BCUT2D eigenvalue weighted by molar-refractivity contribution is 0.786. The van der Waals surface area contributed by atoms with Gasteiger partial charge in [0, 0.05) is 17.3 Å². The van der Waals surface area contributed by atoms with E-state index in [1.54, 1.807) is 17.9 Å². The Labute approximate surface area is 83.7 Å². The predicted octanol–water partition coefficient (Wildman–Crippen LogP) is 2.56. The highest BCUT2D eigenvalue weighted by atomic mass is 35.5.